The van der Waals surface area contributed by atoms with Crippen molar-refractivity contribution in [3.05, 3.63) is 83.1 Å². The van der Waals surface area contributed by atoms with E-state index >= 15 is 0 Å². The van der Waals surface area contributed by atoms with Crippen molar-refractivity contribution in [2.24, 2.45) is 0 Å². The van der Waals surface area contributed by atoms with Crippen LogP contribution in [0.5, 0.6) is 0 Å². The largest absolute Gasteiger partial charge is 0.502 e. The Hall–Kier alpha value is -3.08. The quantitative estimate of drug-likeness (QED) is 0.809. The van der Waals surface area contributed by atoms with Crippen molar-refractivity contribution in [3.63, 3.8) is 0 Å². The van der Waals surface area contributed by atoms with Crippen LogP contribution in [-0.2, 0) is 31.9 Å². The molecule has 1 unspecified atom stereocenters. The maximum atomic E-state index is 12.6. The van der Waals surface area contributed by atoms with Gasteiger partial charge in [-0.2, -0.15) is 0 Å². The number of esters is 2. The molecule has 0 aromatic heterocycles. The van der Waals surface area contributed by atoms with E-state index < -0.39 is 23.3 Å². The molecule has 1 N–H and O–H groups in total. The summed E-state index contributed by atoms with van der Waals surface area (Å²) in [5.41, 5.74) is 0.496. The van der Waals surface area contributed by atoms with Crippen LogP contribution in [0, 0.1) is 0 Å². The summed E-state index contributed by atoms with van der Waals surface area (Å²) in [6.45, 7) is 0. The van der Waals surface area contributed by atoms with Crippen LogP contribution in [0.25, 0.3) is 0 Å². The molecule has 0 fully saturated rings. The molecule has 0 radical (unpaired) electrons. The van der Waals surface area contributed by atoms with Gasteiger partial charge in [-0.25, -0.2) is 9.59 Å². The zero-order chi connectivity index (χ0) is 18.6. The second kappa shape index (κ2) is 7.44. The van der Waals surface area contributed by atoms with E-state index in [-0.39, 0.29) is 18.4 Å². The van der Waals surface area contributed by atoms with Gasteiger partial charge in [0.05, 0.1) is 7.11 Å². The summed E-state index contributed by atoms with van der Waals surface area (Å²) in [5, 5.41) is 10.3. The Morgan fingerprint density at radius 3 is 2.19 bits per heavy atom. The van der Waals surface area contributed by atoms with E-state index in [9.17, 15) is 14.7 Å². The summed E-state index contributed by atoms with van der Waals surface area (Å²) >= 11 is 0. The first kappa shape index (κ1) is 17.7. The third-order valence-corrected chi connectivity index (χ3v) is 4.58. The molecule has 26 heavy (non-hydrogen) atoms. The highest BCUT2D eigenvalue weighted by Crippen LogP contribution is 2.39. The summed E-state index contributed by atoms with van der Waals surface area (Å²) in [5.74, 6) is -2.08. The number of hydrogen-bond donors (Lipinski definition) is 1. The fourth-order valence-electron chi connectivity index (χ4n) is 3.21. The number of aliphatic hydroxyl groups is 1. The van der Waals surface area contributed by atoms with Gasteiger partial charge in [0, 0.05) is 18.4 Å². The second-order valence-corrected chi connectivity index (χ2v) is 6.18. The second-order valence-electron chi connectivity index (χ2n) is 6.18. The van der Waals surface area contributed by atoms with Gasteiger partial charge in [-0.05, 0) is 17.5 Å². The molecule has 0 saturated carbocycles. The Labute approximate surface area is 151 Å². The Balaban J connectivity index is 1.95. The fraction of sp³-hybridized carbons (Fsp3) is 0.238. The van der Waals surface area contributed by atoms with Crippen LogP contribution in [0.3, 0.4) is 0 Å². The molecule has 2 aromatic carbocycles. The molecule has 1 aliphatic heterocycles. The number of aliphatic hydroxyl groups excluding tert-OH is 1. The number of hydrogen-bond acceptors (Lipinski definition) is 5. The molecule has 2 aromatic rings. The van der Waals surface area contributed by atoms with Crippen LogP contribution in [0.4, 0.5) is 0 Å². The van der Waals surface area contributed by atoms with Crippen molar-refractivity contribution in [2.45, 2.75) is 24.9 Å². The van der Waals surface area contributed by atoms with Gasteiger partial charge >= 0.3 is 11.9 Å². The van der Waals surface area contributed by atoms with E-state index in [4.69, 9.17) is 9.47 Å². The number of carbonyl (C=O) groups excluding carboxylic acids is 2. The monoisotopic (exact) mass is 352 g/mol. The first-order chi connectivity index (χ1) is 12.6. The normalized spacial score (nSPS) is 19.3. The van der Waals surface area contributed by atoms with Crippen molar-refractivity contribution < 1.29 is 24.2 Å². The van der Waals surface area contributed by atoms with Crippen LogP contribution in [0.1, 0.15) is 17.5 Å². The van der Waals surface area contributed by atoms with Gasteiger partial charge in [-0.3, -0.25) is 0 Å². The molecule has 0 aliphatic carbocycles. The van der Waals surface area contributed by atoms with Crippen LogP contribution in [0.15, 0.2) is 72.0 Å². The average molecular weight is 352 g/mol. The summed E-state index contributed by atoms with van der Waals surface area (Å²) < 4.78 is 10.3. The third-order valence-electron chi connectivity index (χ3n) is 4.58. The summed E-state index contributed by atoms with van der Waals surface area (Å²) in [7, 11) is 1.25. The van der Waals surface area contributed by atoms with E-state index in [1.165, 1.54) is 7.11 Å². The minimum Gasteiger partial charge on any atom is -0.502 e. The standard InChI is InChI=1S/C21H20O5/c1-25-20(24)21(13-12-15-8-4-2-5-9-15)17(18(22)19(23)26-21)14-16-10-6-3-7-11-16/h2-11,22H,12-14H2,1H3. The van der Waals surface area contributed by atoms with E-state index in [0.29, 0.717) is 6.42 Å². The molecule has 3 rings (SSSR count). The Morgan fingerprint density at radius 1 is 1.04 bits per heavy atom. The number of carbonyl (C=O) groups is 2. The number of benzene rings is 2. The Bertz CT molecular complexity index is 826. The SMILES string of the molecule is COC(=O)C1(CCc2ccccc2)OC(=O)C(O)=C1Cc1ccccc1. The topological polar surface area (TPSA) is 72.8 Å². The molecule has 5 nitrogen and oxygen atoms in total. The molecule has 1 aliphatic rings. The molecule has 0 bridgehead atoms. The van der Waals surface area contributed by atoms with Gasteiger partial charge in [0.25, 0.3) is 0 Å². The van der Waals surface area contributed by atoms with Gasteiger partial charge in [0.1, 0.15) is 0 Å². The van der Waals surface area contributed by atoms with Crippen molar-refractivity contribution in [1.29, 1.82) is 0 Å². The van der Waals surface area contributed by atoms with Crippen LogP contribution in [0.2, 0.25) is 0 Å². The lowest BCUT2D eigenvalue weighted by molar-refractivity contribution is -0.171. The van der Waals surface area contributed by atoms with E-state index in [1.54, 1.807) is 0 Å². The van der Waals surface area contributed by atoms with Crippen molar-refractivity contribution in [1.82, 2.24) is 0 Å². The first-order valence-electron chi connectivity index (χ1n) is 8.39. The highest BCUT2D eigenvalue weighted by Gasteiger charge is 2.54. The Kier molecular flexibility index (Phi) is 5.07. The molecule has 134 valence electrons. The molecule has 1 heterocycles. The lowest BCUT2D eigenvalue weighted by Gasteiger charge is -2.28. The molecular formula is C21H20O5. The van der Waals surface area contributed by atoms with Gasteiger partial charge in [0.2, 0.25) is 11.4 Å². The average Bonchev–Trinajstić information content (AvgIpc) is 2.93. The predicted molar refractivity (Wildman–Crippen MR) is 95.4 cm³/mol. The number of ether oxygens (including phenoxy) is 2. The molecule has 0 saturated heterocycles. The highest BCUT2D eigenvalue weighted by molar-refractivity contribution is 5.98. The smallest absolute Gasteiger partial charge is 0.374 e. The van der Waals surface area contributed by atoms with E-state index in [1.807, 2.05) is 60.7 Å². The molecular weight excluding hydrogens is 332 g/mol. The molecule has 5 heteroatoms. The Morgan fingerprint density at radius 2 is 1.62 bits per heavy atom. The lowest BCUT2D eigenvalue weighted by atomic mass is 9.84. The maximum absolute atomic E-state index is 12.6. The number of methoxy groups -OCH3 is 1. The van der Waals surface area contributed by atoms with Gasteiger partial charge in [-0.15, -0.1) is 0 Å². The van der Waals surface area contributed by atoms with Crippen molar-refractivity contribution in [3.8, 4) is 0 Å². The van der Waals surface area contributed by atoms with Gasteiger partial charge in [-0.1, -0.05) is 60.7 Å². The van der Waals surface area contributed by atoms with Crippen LogP contribution >= 0.6 is 0 Å². The minimum absolute atomic E-state index is 0.196. The lowest BCUT2D eigenvalue weighted by Crippen LogP contribution is -2.43. The number of aryl methyl sites for hydroxylation is 1. The van der Waals surface area contributed by atoms with E-state index in [0.717, 1.165) is 11.1 Å². The zero-order valence-electron chi connectivity index (χ0n) is 14.5. The molecule has 0 spiro atoms. The predicted octanol–water partition coefficient (Wildman–Crippen LogP) is 3.14. The minimum atomic E-state index is -1.61. The molecule has 0 amide bonds. The molecule has 1 atom stereocenters. The third kappa shape index (κ3) is 3.33. The summed E-state index contributed by atoms with van der Waals surface area (Å²) in [6.07, 6.45) is 0.915. The number of cyclic esters (lactones) is 1. The van der Waals surface area contributed by atoms with Gasteiger partial charge < -0.3 is 14.6 Å². The maximum Gasteiger partial charge on any atom is 0.374 e. The first-order valence-corrected chi connectivity index (χ1v) is 8.39. The number of rotatable bonds is 6. The fourth-order valence-corrected chi connectivity index (χ4v) is 3.21. The summed E-state index contributed by atoms with van der Waals surface area (Å²) in [4.78, 5) is 24.7. The highest BCUT2D eigenvalue weighted by atomic mass is 16.6. The van der Waals surface area contributed by atoms with Crippen LogP contribution < -0.4 is 0 Å². The van der Waals surface area contributed by atoms with Crippen molar-refractivity contribution in [2.75, 3.05) is 7.11 Å². The zero-order valence-corrected chi connectivity index (χ0v) is 14.5. The van der Waals surface area contributed by atoms with Crippen LogP contribution in [-0.4, -0.2) is 29.8 Å². The van der Waals surface area contributed by atoms with Gasteiger partial charge in [0.15, 0.2) is 0 Å². The van der Waals surface area contributed by atoms with Crippen molar-refractivity contribution >= 4 is 11.9 Å². The van der Waals surface area contributed by atoms with E-state index in [2.05, 4.69) is 0 Å². The summed E-state index contributed by atoms with van der Waals surface area (Å²) in [6, 6.07) is 18.9.